The van der Waals surface area contributed by atoms with Gasteiger partial charge in [0.15, 0.2) is 11.0 Å². The summed E-state index contributed by atoms with van der Waals surface area (Å²) in [6.45, 7) is 1.60. The van der Waals surface area contributed by atoms with E-state index in [2.05, 4.69) is 20.5 Å². The molecule has 160 valence electrons. The molecule has 0 aliphatic carbocycles. The summed E-state index contributed by atoms with van der Waals surface area (Å²) in [5.74, 6) is 0.367. The number of carbonyl (C=O) groups excluding carboxylic acids is 1. The van der Waals surface area contributed by atoms with Gasteiger partial charge < -0.3 is 5.32 Å². The Morgan fingerprint density at radius 1 is 1.09 bits per heavy atom. The molecule has 9 nitrogen and oxygen atoms in total. The summed E-state index contributed by atoms with van der Waals surface area (Å²) in [5, 5.41) is 23.0. The average Bonchev–Trinajstić information content (AvgIpc) is 3.24. The van der Waals surface area contributed by atoms with Crippen molar-refractivity contribution in [2.75, 3.05) is 11.1 Å². The molecule has 1 N–H and O–H groups in total. The molecule has 2 aromatic carbocycles. The minimum Gasteiger partial charge on any atom is -0.325 e. The van der Waals surface area contributed by atoms with E-state index in [1.165, 1.54) is 17.8 Å². The molecule has 2 aromatic heterocycles. The molecule has 0 radical (unpaired) electrons. The van der Waals surface area contributed by atoms with E-state index in [1.807, 2.05) is 47.0 Å². The molecule has 1 amide bonds. The second-order valence-corrected chi connectivity index (χ2v) is 7.70. The molecular formula is C22H18N6O3S. The van der Waals surface area contributed by atoms with Gasteiger partial charge in [0.25, 0.3) is 5.69 Å². The number of amides is 1. The maximum absolute atomic E-state index is 12.6. The molecule has 0 aliphatic rings. The van der Waals surface area contributed by atoms with Gasteiger partial charge in [0.2, 0.25) is 5.91 Å². The van der Waals surface area contributed by atoms with Crippen LogP contribution in [0.1, 0.15) is 5.56 Å². The number of nitro groups is 1. The summed E-state index contributed by atoms with van der Waals surface area (Å²) in [6, 6.07) is 17.9. The zero-order valence-electron chi connectivity index (χ0n) is 17.0. The number of anilines is 1. The highest BCUT2D eigenvalue weighted by atomic mass is 32.2. The van der Waals surface area contributed by atoms with E-state index < -0.39 is 4.92 Å². The Morgan fingerprint density at radius 2 is 1.91 bits per heavy atom. The number of rotatable bonds is 7. The number of nitrogens with one attached hydrogen (secondary N) is 1. The van der Waals surface area contributed by atoms with Crippen LogP contribution in [0.3, 0.4) is 0 Å². The van der Waals surface area contributed by atoms with Gasteiger partial charge in [-0.1, -0.05) is 36.0 Å². The molecule has 0 unspecified atom stereocenters. The molecule has 0 saturated carbocycles. The molecule has 4 rings (SSSR count). The van der Waals surface area contributed by atoms with Gasteiger partial charge >= 0.3 is 0 Å². The van der Waals surface area contributed by atoms with E-state index in [0.29, 0.717) is 22.2 Å². The highest BCUT2D eigenvalue weighted by Crippen LogP contribution is 2.28. The molecule has 0 spiro atoms. The Morgan fingerprint density at radius 3 is 2.62 bits per heavy atom. The van der Waals surface area contributed by atoms with Gasteiger partial charge in [-0.25, -0.2) is 0 Å². The lowest BCUT2D eigenvalue weighted by Crippen LogP contribution is -2.15. The van der Waals surface area contributed by atoms with Crippen LogP contribution in [0.5, 0.6) is 0 Å². The number of para-hydroxylation sites is 1. The number of hydrogen-bond donors (Lipinski definition) is 1. The van der Waals surface area contributed by atoms with Gasteiger partial charge in [0.1, 0.15) is 0 Å². The van der Waals surface area contributed by atoms with Gasteiger partial charge in [-0.2, -0.15) is 0 Å². The summed E-state index contributed by atoms with van der Waals surface area (Å²) in [4.78, 5) is 27.4. The Balaban J connectivity index is 1.56. The molecule has 2 heterocycles. The Labute approximate surface area is 187 Å². The van der Waals surface area contributed by atoms with E-state index in [0.717, 1.165) is 11.3 Å². The molecule has 0 atom stereocenters. The lowest BCUT2D eigenvalue weighted by atomic mass is 10.1. The number of benzene rings is 2. The summed E-state index contributed by atoms with van der Waals surface area (Å²) in [7, 11) is 0. The summed E-state index contributed by atoms with van der Waals surface area (Å²) in [6.07, 6.45) is 3.39. The third kappa shape index (κ3) is 4.49. The van der Waals surface area contributed by atoms with Gasteiger partial charge in [0, 0.05) is 29.7 Å². The lowest BCUT2D eigenvalue weighted by molar-refractivity contribution is -0.385. The van der Waals surface area contributed by atoms with Crippen molar-refractivity contribution >= 4 is 29.0 Å². The fourth-order valence-electron chi connectivity index (χ4n) is 3.13. The lowest BCUT2D eigenvalue weighted by Gasteiger charge is -2.11. The highest BCUT2D eigenvalue weighted by molar-refractivity contribution is 7.99. The molecule has 0 aliphatic heterocycles. The first-order valence-corrected chi connectivity index (χ1v) is 10.6. The number of aromatic nitrogens is 4. The monoisotopic (exact) mass is 446 g/mol. The van der Waals surface area contributed by atoms with Crippen molar-refractivity contribution in [3.8, 4) is 17.1 Å². The van der Waals surface area contributed by atoms with Crippen molar-refractivity contribution in [3.63, 3.8) is 0 Å². The number of pyridine rings is 1. The van der Waals surface area contributed by atoms with Gasteiger partial charge in [-0.15, -0.1) is 10.2 Å². The average molecular weight is 446 g/mol. The zero-order chi connectivity index (χ0) is 22.5. The molecule has 4 aromatic rings. The van der Waals surface area contributed by atoms with Crippen LogP contribution in [0.15, 0.2) is 78.2 Å². The molecule has 10 heteroatoms. The predicted octanol–water partition coefficient (Wildman–Crippen LogP) is 4.28. The minimum atomic E-state index is -0.470. The molecule has 0 saturated heterocycles. The van der Waals surface area contributed by atoms with Crippen molar-refractivity contribution in [3.05, 3.63) is 88.7 Å². The first-order valence-electron chi connectivity index (χ1n) is 9.62. The molecule has 32 heavy (non-hydrogen) atoms. The topological polar surface area (TPSA) is 116 Å². The SMILES string of the molecule is Cc1c(NC(=O)CSc2nnc(-c3cccnc3)n2-c2ccccc2)cccc1[N+](=O)[O-]. The second-order valence-electron chi connectivity index (χ2n) is 6.76. The van der Waals surface area contributed by atoms with Crippen LogP contribution in [-0.2, 0) is 4.79 Å². The van der Waals surface area contributed by atoms with E-state index in [9.17, 15) is 14.9 Å². The van der Waals surface area contributed by atoms with E-state index in [4.69, 9.17) is 0 Å². The van der Waals surface area contributed by atoms with Crippen molar-refractivity contribution in [1.82, 2.24) is 19.7 Å². The van der Waals surface area contributed by atoms with Crippen molar-refractivity contribution in [2.45, 2.75) is 12.1 Å². The zero-order valence-corrected chi connectivity index (χ0v) is 17.8. The normalized spacial score (nSPS) is 10.7. The summed E-state index contributed by atoms with van der Waals surface area (Å²) < 4.78 is 1.87. The number of thioether (sulfide) groups is 1. The number of hydrogen-bond acceptors (Lipinski definition) is 7. The molecular weight excluding hydrogens is 428 g/mol. The molecule has 0 bridgehead atoms. The Bertz CT molecular complexity index is 1260. The Kier molecular flexibility index (Phi) is 6.22. The van der Waals surface area contributed by atoms with Crippen molar-refractivity contribution < 1.29 is 9.72 Å². The maximum atomic E-state index is 12.6. The van der Waals surface area contributed by atoms with Gasteiger partial charge in [-0.3, -0.25) is 24.5 Å². The summed E-state index contributed by atoms with van der Waals surface area (Å²) in [5.41, 5.74) is 2.43. The van der Waals surface area contributed by atoms with E-state index in [-0.39, 0.29) is 17.3 Å². The van der Waals surface area contributed by atoms with Crippen LogP contribution in [0.2, 0.25) is 0 Å². The minimum absolute atomic E-state index is 0.0413. The number of nitrogens with zero attached hydrogens (tertiary/aromatic N) is 5. The van der Waals surface area contributed by atoms with Crippen LogP contribution in [0.25, 0.3) is 17.1 Å². The van der Waals surface area contributed by atoms with Crippen molar-refractivity contribution in [2.24, 2.45) is 0 Å². The van der Waals surface area contributed by atoms with Gasteiger partial charge in [0.05, 0.1) is 21.9 Å². The van der Waals surface area contributed by atoms with Crippen LogP contribution in [0, 0.1) is 17.0 Å². The van der Waals surface area contributed by atoms with E-state index >= 15 is 0 Å². The Hall–Kier alpha value is -4.05. The van der Waals surface area contributed by atoms with Crippen molar-refractivity contribution in [1.29, 1.82) is 0 Å². The van der Waals surface area contributed by atoms with Gasteiger partial charge in [-0.05, 0) is 37.3 Å². The molecule has 0 fully saturated rings. The second kappa shape index (κ2) is 9.40. The van der Waals surface area contributed by atoms with Crippen LogP contribution < -0.4 is 5.32 Å². The first-order chi connectivity index (χ1) is 15.5. The number of carbonyl (C=O) groups is 1. The van der Waals surface area contributed by atoms with E-state index in [1.54, 1.807) is 31.5 Å². The highest BCUT2D eigenvalue weighted by Gasteiger charge is 2.19. The number of nitro benzene ring substituents is 1. The smallest absolute Gasteiger partial charge is 0.274 e. The standard InChI is InChI=1S/C22H18N6O3S/c1-15-18(10-5-11-19(15)28(30)31)24-20(29)14-32-22-26-25-21(16-7-6-12-23-13-16)27(22)17-8-3-2-4-9-17/h2-13H,14H2,1H3,(H,24,29). The maximum Gasteiger partial charge on any atom is 0.274 e. The summed E-state index contributed by atoms with van der Waals surface area (Å²) >= 11 is 1.22. The first kappa shape index (κ1) is 21.2. The fourth-order valence-corrected chi connectivity index (χ4v) is 3.88. The third-order valence-corrected chi connectivity index (χ3v) is 5.60. The largest absolute Gasteiger partial charge is 0.325 e. The third-order valence-electron chi connectivity index (χ3n) is 4.68. The quantitative estimate of drug-likeness (QED) is 0.256. The van der Waals surface area contributed by atoms with Crippen LogP contribution in [0.4, 0.5) is 11.4 Å². The fraction of sp³-hybridized carbons (Fsp3) is 0.0909. The van der Waals surface area contributed by atoms with Crippen LogP contribution >= 0.6 is 11.8 Å². The predicted molar refractivity (Wildman–Crippen MR) is 122 cm³/mol. The van der Waals surface area contributed by atoms with Crippen LogP contribution in [-0.4, -0.2) is 36.3 Å².